The predicted molar refractivity (Wildman–Crippen MR) is 108 cm³/mol. The topological polar surface area (TPSA) is 55.6 Å². The van der Waals surface area contributed by atoms with Gasteiger partial charge in [-0.05, 0) is 79.1 Å². The first-order valence-electron chi connectivity index (χ1n) is 9.78. The first-order valence-corrected chi connectivity index (χ1v) is 9.78. The van der Waals surface area contributed by atoms with E-state index in [1.54, 1.807) is 0 Å². The second-order valence-electron chi connectivity index (χ2n) is 7.91. The van der Waals surface area contributed by atoms with E-state index in [1.165, 1.54) is 24.0 Å². The van der Waals surface area contributed by atoms with E-state index in [1.807, 2.05) is 16.8 Å². The Morgan fingerprint density at radius 2 is 1.63 bits per heavy atom. The van der Waals surface area contributed by atoms with Gasteiger partial charge in [-0.2, -0.15) is 4.68 Å². The Morgan fingerprint density at radius 1 is 0.963 bits per heavy atom. The average Bonchev–Trinajstić information content (AvgIpc) is 3.16. The van der Waals surface area contributed by atoms with Gasteiger partial charge in [-0.15, -0.1) is 5.10 Å². The highest BCUT2D eigenvalue weighted by atomic mass is 15.6. The maximum absolute atomic E-state index is 4.52. The summed E-state index contributed by atoms with van der Waals surface area (Å²) >= 11 is 0. The first kappa shape index (κ1) is 17.7. The van der Waals surface area contributed by atoms with Crippen molar-refractivity contribution in [3.8, 4) is 5.69 Å². The molecule has 1 saturated carbocycles. The van der Waals surface area contributed by atoms with Crippen LogP contribution in [0.1, 0.15) is 49.6 Å². The van der Waals surface area contributed by atoms with E-state index in [0.29, 0.717) is 0 Å². The molecule has 0 unspecified atom stereocenters. The maximum Gasteiger partial charge on any atom is 0.181 e. The van der Waals surface area contributed by atoms with Crippen LogP contribution in [0.15, 0.2) is 48.5 Å². The molecule has 0 saturated heterocycles. The van der Waals surface area contributed by atoms with Crippen molar-refractivity contribution >= 4 is 5.69 Å². The number of rotatable bonds is 4. The number of nitrogens with one attached hydrogen (secondary N) is 1. The largest absolute Gasteiger partial charge is 0.372 e. The maximum atomic E-state index is 4.52. The number of aryl methyl sites for hydroxylation is 2. The van der Waals surface area contributed by atoms with Gasteiger partial charge in [-0.1, -0.05) is 43.3 Å². The van der Waals surface area contributed by atoms with Crippen molar-refractivity contribution < 1.29 is 0 Å². The molecular formula is C22H27N5. The Bertz CT molecular complexity index is 922. The van der Waals surface area contributed by atoms with Crippen molar-refractivity contribution in [1.29, 1.82) is 0 Å². The summed E-state index contributed by atoms with van der Waals surface area (Å²) < 4.78 is 1.93. The summed E-state index contributed by atoms with van der Waals surface area (Å²) in [6.07, 6.45) is 4.38. The van der Waals surface area contributed by atoms with E-state index in [9.17, 15) is 0 Å². The molecule has 4 rings (SSSR count). The molecule has 27 heavy (non-hydrogen) atoms. The first-order chi connectivity index (χ1) is 13.1. The quantitative estimate of drug-likeness (QED) is 0.725. The number of tetrazole rings is 1. The van der Waals surface area contributed by atoms with Gasteiger partial charge < -0.3 is 5.32 Å². The van der Waals surface area contributed by atoms with E-state index in [2.05, 4.69) is 78.0 Å². The lowest BCUT2D eigenvalue weighted by molar-refractivity contribution is 0.255. The molecule has 0 aliphatic heterocycles. The summed E-state index contributed by atoms with van der Waals surface area (Å²) in [6, 6.07) is 16.7. The third-order valence-corrected chi connectivity index (χ3v) is 5.89. The SMILES string of the molecule is Cc1ccccc1NC1(c2nnnn2-c2ccccc2C)CCC(C)CC1. The van der Waals surface area contributed by atoms with Crippen molar-refractivity contribution in [1.82, 2.24) is 20.2 Å². The van der Waals surface area contributed by atoms with E-state index < -0.39 is 0 Å². The Hall–Kier alpha value is -2.69. The normalized spacial score (nSPS) is 22.6. The molecule has 140 valence electrons. The highest BCUT2D eigenvalue weighted by molar-refractivity contribution is 5.53. The van der Waals surface area contributed by atoms with E-state index >= 15 is 0 Å². The molecule has 5 heteroatoms. The molecule has 0 atom stereocenters. The fraction of sp³-hybridized carbons (Fsp3) is 0.409. The fourth-order valence-electron chi connectivity index (χ4n) is 4.08. The summed E-state index contributed by atoms with van der Waals surface area (Å²) in [5, 5.41) is 16.8. The third-order valence-electron chi connectivity index (χ3n) is 5.89. The van der Waals surface area contributed by atoms with Crippen molar-refractivity contribution in [2.24, 2.45) is 5.92 Å². The van der Waals surface area contributed by atoms with E-state index in [4.69, 9.17) is 0 Å². The number of benzene rings is 2. The van der Waals surface area contributed by atoms with Crippen LogP contribution in [0.2, 0.25) is 0 Å². The Labute approximate surface area is 160 Å². The van der Waals surface area contributed by atoms with Gasteiger partial charge >= 0.3 is 0 Å². The monoisotopic (exact) mass is 361 g/mol. The van der Waals surface area contributed by atoms with Gasteiger partial charge in [0.05, 0.1) is 11.2 Å². The Morgan fingerprint density at radius 3 is 2.33 bits per heavy atom. The van der Waals surface area contributed by atoms with Gasteiger partial charge in [0.25, 0.3) is 0 Å². The van der Waals surface area contributed by atoms with Crippen LogP contribution in [0.4, 0.5) is 5.69 Å². The number of hydrogen-bond donors (Lipinski definition) is 1. The lowest BCUT2D eigenvalue weighted by Crippen LogP contribution is -2.41. The molecule has 0 bridgehead atoms. The van der Waals surface area contributed by atoms with Crippen LogP contribution in [0.5, 0.6) is 0 Å². The van der Waals surface area contributed by atoms with Crippen molar-refractivity contribution in [3.63, 3.8) is 0 Å². The van der Waals surface area contributed by atoms with Gasteiger partial charge in [0, 0.05) is 5.69 Å². The highest BCUT2D eigenvalue weighted by Gasteiger charge is 2.41. The van der Waals surface area contributed by atoms with Gasteiger partial charge in [0.2, 0.25) is 0 Å². The van der Waals surface area contributed by atoms with Crippen LogP contribution in [0.25, 0.3) is 5.69 Å². The van der Waals surface area contributed by atoms with Gasteiger partial charge in [-0.25, -0.2) is 0 Å². The summed E-state index contributed by atoms with van der Waals surface area (Å²) in [4.78, 5) is 0. The summed E-state index contributed by atoms with van der Waals surface area (Å²) in [5.41, 5.74) is 4.35. The molecule has 0 radical (unpaired) electrons. The zero-order valence-corrected chi connectivity index (χ0v) is 16.3. The van der Waals surface area contributed by atoms with Crippen molar-refractivity contribution in [3.05, 3.63) is 65.5 Å². The fourth-order valence-corrected chi connectivity index (χ4v) is 4.08. The van der Waals surface area contributed by atoms with Gasteiger partial charge in [0.1, 0.15) is 0 Å². The average molecular weight is 361 g/mol. The molecule has 1 heterocycles. The number of nitrogens with zero attached hydrogens (tertiary/aromatic N) is 4. The predicted octanol–water partition coefficient (Wildman–Crippen LogP) is 4.80. The standard InChI is InChI=1S/C22H27N5/c1-16-12-14-22(15-13-16,23-19-10-6-4-8-17(19)2)21-24-25-26-27(21)20-11-7-5-9-18(20)3/h4-11,16,23H,12-15H2,1-3H3. The number of para-hydroxylation sites is 2. The van der Waals surface area contributed by atoms with Gasteiger partial charge in [0.15, 0.2) is 5.82 Å². The molecule has 1 N–H and O–H groups in total. The van der Waals surface area contributed by atoms with Crippen LogP contribution < -0.4 is 5.32 Å². The van der Waals surface area contributed by atoms with Gasteiger partial charge in [-0.3, -0.25) is 0 Å². The molecule has 1 aliphatic rings. The summed E-state index contributed by atoms with van der Waals surface area (Å²) in [6.45, 7) is 6.58. The second-order valence-corrected chi connectivity index (χ2v) is 7.91. The minimum atomic E-state index is -0.260. The summed E-state index contributed by atoms with van der Waals surface area (Å²) in [5.74, 6) is 1.64. The van der Waals surface area contributed by atoms with Crippen LogP contribution in [0.3, 0.4) is 0 Å². The second kappa shape index (κ2) is 7.14. The lowest BCUT2D eigenvalue weighted by atomic mass is 9.76. The molecule has 1 fully saturated rings. The molecule has 1 aromatic heterocycles. The number of hydrogen-bond acceptors (Lipinski definition) is 4. The zero-order valence-electron chi connectivity index (χ0n) is 16.3. The zero-order chi connectivity index (χ0) is 18.9. The number of aromatic nitrogens is 4. The smallest absolute Gasteiger partial charge is 0.181 e. The van der Waals surface area contributed by atoms with Crippen LogP contribution >= 0.6 is 0 Å². The molecule has 5 nitrogen and oxygen atoms in total. The Kier molecular flexibility index (Phi) is 4.68. The number of anilines is 1. The van der Waals surface area contributed by atoms with Crippen molar-refractivity contribution in [2.45, 2.75) is 52.0 Å². The molecule has 0 amide bonds. The van der Waals surface area contributed by atoms with Crippen LogP contribution in [0, 0.1) is 19.8 Å². The van der Waals surface area contributed by atoms with Crippen LogP contribution in [-0.4, -0.2) is 20.2 Å². The summed E-state index contributed by atoms with van der Waals surface area (Å²) in [7, 11) is 0. The van der Waals surface area contributed by atoms with E-state index in [-0.39, 0.29) is 5.54 Å². The van der Waals surface area contributed by atoms with Crippen LogP contribution in [-0.2, 0) is 5.54 Å². The minimum absolute atomic E-state index is 0.260. The molecule has 3 aromatic rings. The minimum Gasteiger partial charge on any atom is -0.372 e. The molecular weight excluding hydrogens is 334 g/mol. The van der Waals surface area contributed by atoms with E-state index in [0.717, 1.165) is 36.0 Å². The third kappa shape index (κ3) is 3.34. The molecule has 0 spiro atoms. The van der Waals surface area contributed by atoms with Crippen molar-refractivity contribution in [2.75, 3.05) is 5.32 Å². The molecule has 2 aromatic carbocycles. The lowest BCUT2D eigenvalue weighted by Gasteiger charge is -2.40. The Balaban J connectivity index is 1.80. The molecule has 1 aliphatic carbocycles. The highest BCUT2D eigenvalue weighted by Crippen LogP contribution is 2.42.